The topological polar surface area (TPSA) is 12.5 Å². The maximum absolute atomic E-state index is 6.21. The van der Waals surface area contributed by atoms with Crippen LogP contribution in [0.2, 0.25) is 0 Å². The molecular formula is C17H18O. The standard InChI is InChI=1S/C17H18O/c1-3-17(15-12-8-5-9-13-15)16(2,18-17)14-10-6-4-7-11-14/h4-13H,3H2,1-2H3. The van der Waals surface area contributed by atoms with Gasteiger partial charge in [-0.25, -0.2) is 0 Å². The summed E-state index contributed by atoms with van der Waals surface area (Å²) in [6.45, 7) is 4.39. The monoisotopic (exact) mass is 238 g/mol. The largest absolute Gasteiger partial charge is 0.353 e. The molecule has 2 aromatic carbocycles. The van der Waals surface area contributed by atoms with Gasteiger partial charge in [-0.3, -0.25) is 0 Å². The molecule has 1 aliphatic rings. The smallest absolute Gasteiger partial charge is 0.127 e. The number of epoxide rings is 1. The highest BCUT2D eigenvalue weighted by atomic mass is 16.6. The highest BCUT2D eigenvalue weighted by molar-refractivity contribution is 5.40. The number of rotatable bonds is 3. The van der Waals surface area contributed by atoms with Crippen LogP contribution in [0.25, 0.3) is 0 Å². The fourth-order valence-electron chi connectivity index (χ4n) is 3.03. The molecule has 0 aliphatic carbocycles. The van der Waals surface area contributed by atoms with Crippen molar-refractivity contribution in [2.75, 3.05) is 0 Å². The molecule has 2 unspecified atom stereocenters. The Bertz CT molecular complexity index is 534. The molecule has 1 heterocycles. The quantitative estimate of drug-likeness (QED) is 0.729. The zero-order valence-electron chi connectivity index (χ0n) is 10.9. The molecule has 0 saturated carbocycles. The second-order valence-corrected chi connectivity index (χ2v) is 5.05. The molecule has 92 valence electrons. The van der Waals surface area contributed by atoms with Crippen molar-refractivity contribution >= 4 is 0 Å². The van der Waals surface area contributed by atoms with Gasteiger partial charge in [0.2, 0.25) is 0 Å². The predicted molar refractivity (Wildman–Crippen MR) is 73.3 cm³/mol. The predicted octanol–water partition coefficient (Wildman–Crippen LogP) is 4.24. The average molecular weight is 238 g/mol. The lowest BCUT2D eigenvalue weighted by Crippen LogP contribution is -2.18. The Hall–Kier alpha value is -1.60. The molecule has 18 heavy (non-hydrogen) atoms. The van der Waals surface area contributed by atoms with E-state index in [0.717, 1.165) is 6.42 Å². The molecular weight excluding hydrogens is 220 g/mol. The van der Waals surface area contributed by atoms with E-state index < -0.39 is 0 Å². The van der Waals surface area contributed by atoms with E-state index in [4.69, 9.17) is 4.74 Å². The Morgan fingerprint density at radius 1 is 0.833 bits per heavy atom. The van der Waals surface area contributed by atoms with Gasteiger partial charge in [0, 0.05) is 0 Å². The first kappa shape index (κ1) is 11.5. The summed E-state index contributed by atoms with van der Waals surface area (Å²) >= 11 is 0. The van der Waals surface area contributed by atoms with E-state index in [1.807, 2.05) is 6.07 Å². The first-order valence-electron chi connectivity index (χ1n) is 6.54. The van der Waals surface area contributed by atoms with E-state index >= 15 is 0 Å². The summed E-state index contributed by atoms with van der Waals surface area (Å²) in [5.74, 6) is 0. The van der Waals surface area contributed by atoms with Gasteiger partial charge in [0.25, 0.3) is 0 Å². The summed E-state index contributed by atoms with van der Waals surface area (Å²) in [4.78, 5) is 0. The number of benzene rings is 2. The van der Waals surface area contributed by atoms with Crippen LogP contribution in [0.4, 0.5) is 0 Å². The van der Waals surface area contributed by atoms with Crippen LogP contribution in [0.5, 0.6) is 0 Å². The van der Waals surface area contributed by atoms with Crippen molar-refractivity contribution in [1.29, 1.82) is 0 Å². The SMILES string of the molecule is CCC1(c2ccccc2)OC1(C)c1ccccc1. The fraction of sp³-hybridized carbons (Fsp3) is 0.294. The van der Waals surface area contributed by atoms with Crippen LogP contribution in [0.3, 0.4) is 0 Å². The molecule has 0 amide bonds. The summed E-state index contributed by atoms with van der Waals surface area (Å²) in [7, 11) is 0. The molecule has 1 aliphatic heterocycles. The lowest BCUT2D eigenvalue weighted by molar-refractivity contribution is 0.266. The maximum atomic E-state index is 6.21. The van der Waals surface area contributed by atoms with Crippen LogP contribution < -0.4 is 0 Å². The van der Waals surface area contributed by atoms with Crippen molar-refractivity contribution in [3.05, 3.63) is 71.8 Å². The molecule has 0 aromatic heterocycles. The van der Waals surface area contributed by atoms with E-state index in [9.17, 15) is 0 Å². The Kier molecular flexibility index (Phi) is 2.53. The zero-order chi connectivity index (χ0) is 12.6. The number of ether oxygens (including phenoxy) is 1. The van der Waals surface area contributed by atoms with Crippen molar-refractivity contribution in [2.24, 2.45) is 0 Å². The Labute approximate surface area is 108 Å². The Morgan fingerprint density at radius 3 is 1.83 bits per heavy atom. The highest BCUT2D eigenvalue weighted by Gasteiger charge is 2.67. The Morgan fingerprint density at radius 2 is 1.33 bits per heavy atom. The van der Waals surface area contributed by atoms with E-state index in [1.54, 1.807) is 0 Å². The molecule has 0 radical (unpaired) electrons. The van der Waals surface area contributed by atoms with Gasteiger partial charge in [-0.05, 0) is 24.5 Å². The van der Waals surface area contributed by atoms with Gasteiger partial charge < -0.3 is 4.74 Å². The summed E-state index contributed by atoms with van der Waals surface area (Å²) < 4.78 is 6.21. The lowest BCUT2D eigenvalue weighted by Gasteiger charge is -2.16. The maximum Gasteiger partial charge on any atom is 0.127 e. The van der Waals surface area contributed by atoms with Gasteiger partial charge >= 0.3 is 0 Å². The first-order valence-corrected chi connectivity index (χ1v) is 6.54. The fourth-order valence-corrected chi connectivity index (χ4v) is 3.03. The minimum Gasteiger partial charge on any atom is -0.353 e. The van der Waals surface area contributed by atoms with Crippen molar-refractivity contribution in [3.63, 3.8) is 0 Å². The van der Waals surface area contributed by atoms with E-state index in [2.05, 4.69) is 68.4 Å². The van der Waals surface area contributed by atoms with Crippen LogP contribution in [-0.2, 0) is 15.9 Å². The second kappa shape index (κ2) is 3.96. The van der Waals surface area contributed by atoms with Gasteiger partial charge in [-0.1, -0.05) is 67.6 Å². The zero-order valence-corrected chi connectivity index (χ0v) is 10.9. The summed E-state index contributed by atoms with van der Waals surface area (Å²) in [5.41, 5.74) is 2.19. The first-order chi connectivity index (χ1) is 8.73. The third-order valence-corrected chi connectivity index (χ3v) is 4.17. The number of hydrogen-bond acceptors (Lipinski definition) is 1. The second-order valence-electron chi connectivity index (χ2n) is 5.05. The molecule has 1 fully saturated rings. The third-order valence-electron chi connectivity index (χ3n) is 4.17. The molecule has 2 atom stereocenters. The molecule has 0 bridgehead atoms. The van der Waals surface area contributed by atoms with Gasteiger partial charge in [-0.15, -0.1) is 0 Å². The molecule has 1 nitrogen and oxygen atoms in total. The molecule has 0 spiro atoms. The van der Waals surface area contributed by atoms with Crippen molar-refractivity contribution in [1.82, 2.24) is 0 Å². The molecule has 1 heteroatoms. The summed E-state index contributed by atoms with van der Waals surface area (Å²) in [6.07, 6.45) is 0.988. The van der Waals surface area contributed by atoms with Gasteiger partial charge in [0.05, 0.1) is 0 Å². The average Bonchev–Trinajstić information content (AvgIpc) is 3.09. The number of hydrogen-bond donors (Lipinski definition) is 0. The van der Waals surface area contributed by atoms with Gasteiger partial charge in [0.15, 0.2) is 0 Å². The van der Waals surface area contributed by atoms with E-state index in [-0.39, 0.29) is 11.2 Å². The molecule has 0 N–H and O–H groups in total. The third kappa shape index (κ3) is 1.44. The van der Waals surface area contributed by atoms with Gasteiger partial charge in [0.1, 0.15) is 11.2 Å². The van der Waals surface area contributed by atoms with Crippen molar-refractivity contribution in [2.45, 2.75) is 31.5 Å². The van der Waals surface area contributed by atoms with Crippen LogP contribution in [-0.4, -0.2) is 0 Å². The van der Waals surface area contributed by atoms with E-state index in [0.29, 0.717) is 0 Å². The van der Waals surface area contributed by atoms with Gasteiger partial charge in [-0.2, -0.15) is 0 Å². The van der Waals surface area contributed by atoms with Crippen LogP contribution >= 0.6 is 0 Å². The van der Waals surface area contributed by atoms with Crippen molar-refractivity contribution < 1.29 is 4.74 Å². The summed E-state index contributed by atoms with van der Waals surface area (Å²) in [5, 5.41) is 0. The minimum absolute atomic E-state index is 0.157. The normalized spacial score (nSPS) is 30.1. The Balaban J connectivity index is 2.03. The molecule has 3 rings (SSSR count). The van der Waals surface area contributed by atoms with E-state index in [1.165, 1.54) is 11.1 Å². The molecule has 2 aromatic rings. The van der Waals surface area contributed by atoms with Crippen LogP contribution in [0.15, 0.2) is 60.7 Å². The summed E-state index contributed by atoms with van der Waals surface area (Å²) in [6, 6.07) is 21.1. The minimum atomic E-state index is -0.190. The van der Waals surface area contributed by atoms with Crippen LogP contribution in [0.1, 0.15) is 31.4 Å². The van der Waals surface area contributed by atoms with Crippen LogP contribution in [0, 0.1) is 0 Å². The highest BCUT2D eigenvalue weighted by Crippen LogP contribution is 2.63. The molecule has 1 saturated heterocycles. The van der Waals surface area contributed by atoms with Crippen molar-refractivity contribution in [3.8, 4) is 0 Å². The lowest BCUT2D eigenvalue weighted by atomic mass is 9.81.